The van der Waals surface area contributed by atoms with Gasteiger partial charge in [0.2, 0.25) is 10.0 Å². The smallest absolute Gasteiger partial charge is 0.366 e. The van der Waals surface area contributed by atoms with Crippen LogP contribution in [0.5, 0.6) is 0 Å². The Morgan fingerprint density at radius 2 is 1.61 bits per heavy atom. The molecule has 0 radical (unpaired) electrons. The van der Waals surface area contributed by atoms with E-state index in [9.17, 15) is 39.6 Å². The van der Waals surface area contributed by atoms with Gasteiger partial charge in [0.1, 0.15) is 11.7 Å². The van der Waals surface area contributed by atoms with Crippen LogP contribution in [-0.4, -0.2) is 36.1 Å². The molecule has 2 heterocycles. The molecule has 0 unspecified atom stereocenters. The molecule has 0 aliphatic heterocycles. The van der Waals surface area contributed by atoms with Gasteiger partial charge in [-0.2, -0.15) is 31.1 Å². The number of halogens is 6. The largest absolute Gasteiger partial charge is 0.417 e. The van der Waals surface area contributed by atoms with Gasteiger partial charge in [-0.1, -0.05) is 30.3 Å². The highest BCUT2D eigenvalue weighted by molar-refractivity contribution is 7.89. The number of benzene rings is 2. The zero-order chi connectivity index (χ0) is 28.0. The van der Waals surface area contributed by atoms with Crippen molar-refractivity contribution in [2.75, 3.05) is 0 Å². The number of nitrogens with two attached hydrogens (primary N) is 1. The molecule has 0 saturated carbocycles. The molecule has 0 aliphatic rings. The van der Waals surface area contributed by atoms with E-state index in [0.717, 1.165) is 18.2 Å². The van der Waals surface area contributed by atoms with E-state index < -0.39 is 44.8 Å². The topological polar surface area (TPSA) is 107 Å². The van der Waals surface area contributed by atoms with E-state index in [2.05, 4.69) is 4.98 Å². The van der Waals surface area contributed by atoms with Crippen LogP contribution >= 0.6 is 0 Å². The zero-order valence-corrected chi connectivity index (χ0v) is 20.1. The van der Waals surface area contributed by atoms with E-state index in [1.54, 1.807) is 30.3 Å². The van der Waals surface area contributed by atoms with Crippen molar-refractivity contribution >= 4 is 27.0 Å². The van der Waals surface area contributed by atoms with Gasteiger partial charge in [0.15, 0.2) is 0 Å². The maximum Gasteiger partial charge on any atom is 0.417 e. The second-order valence-electron chi connectivity index (χ2n) is 8.26. The third kappa shape index (κ3) is 5.09. The quantitative estimate of drug-likeness (QED) is 0.325. The van der Waals surface area contributed by atoms with Crippen LogP contribution in [0.15, 0.2) is 71.8 Å². The zero-order valence-electron chi connectivity index (χ0n) is 19.3. The van der Waals surface area contributed by atoms with Gasteiger partial charge < -0.3 is 5.73 Å². The molecule has 4 rings (SSSR count). The monoisotopic (exact) mass is 556 g/mol. The van der Waals surface area contributed by atoms with Crippen molar-refractivity contribution in [2.24, 2.45) is 5.73 Å². The standard InChI is InChI=1S/C24H18F6N4O3S/c1-13(23(25,26)27)33-38(36,37)17-9-7-14(8-10-17)20-19(21(31)35)18-11-15(24(28,29)30)12-32-22(18)34(20)16-5-3-2-4-6-16/h2-13,33H,1H3,(H2,31,35)/t13-/m0/s1. The Morgan fingerprint density at radius 3 is 2.13 bits per heavy atom. The number of aromatic nitrogens is 2. The number of primary amides is 1. The molecule has 1 atom stereocenters. The number of amides is 1. The molecule has 3 N–H and O–H groups in total. The number of carbonyl (C=O) groups is 1. The van der Waals surface area contributed by atoms with E-state index >= 15 is 0 Å². The predicted molar refractivity (Wildman–Crippen MR) is 126 cm³/mol. The Hall–Kier alpha value is -3.91. The number of fused-ring (bicyclic) bond motifs is 1. The van der Waals surface area contributed by atoms with E-state index in [-0.39, 0.29) is 27.9 Å². The number of alkyl halides is 6. The fraction of sp³-hybridized carbons (Fsp3) is 0.167. The molecule has 0 fully saturated rings. The van der Waals surface area contributed by atoms with Crippen molar-refractivity contribution < 1.29 is 39.6 Å². The summed E-state index contributed by atoms with van der Waals surface area (Å²) in [4.78, 5) is 16.0. The second kappa shape index (κ2) is 9.44. The minimum atomic E-state index is -4.82. The number of pyridine rings is 1. The Balaban J connectivity index is 1.94. The fourth-order valence-corrected chi connectivity index (χ4v) is 5.06. The van der Waals surface area contributed by atoms with Gasteiger partial charge in [-0.05, 0) is 42.8 Å². The summed E-state index contributed by atoms with van der Waals surface area (Å²) >= 11 is 0. The predicted octanol–water partition coefficient (Wildman–Crippen LogP) is 5.04. The summed E-state index contributed by atoms with van der Waals surface area (Å²) in [7, 11) is -4.58. The van der Waals surface area contributed by atoms with E-state index in [4.69, 9.17) is 5.73 Å². The number of nitrogens with one attached hydrogen (secondary N) is 1. The SMILES string of the molecule is C[C@H](NS(=O)(=O)c1ccc(-c2c(C(N)=O)c3cc(C(F)(F)F)cnc3n2-c2ccccc2)cc1)C(F)(F)F. The summed E-state index contributed by atoms with van der Waals surface area (Å²) < 4.78 is 107. The highest BCUT2D eigenvalue weighted by atomic mass is 32.2. The average molecular weight is 556 g/mol. The Bertz CT molecular complexity index is 1610. The Labute approximate surface area is 211 Å². The number of hydrogen-bond donors (Lipinski definition) is 2. The lowest BCUT2D eigenvalue weighted by Crippen LogP contribution is -2.42. The van der Waals surface area contributed by atoms with Gasteiger partial charge in [-0.3, -0.25) is 9.36 Å². The van der Waals surface area contributed by atoms with Crippen molar-refractivity contribution in [3.05, 3.63) is 78.0 Å². The van der Waals surface area contributed by atoms with Crippen LogP contribution in [0.1, 0.15) is 22.8 Å². The first kappa shape index (κ1) is 27.1. The maximum atomic E-state index is 13.4. The molecule has 0 aliphatic carbocycles. The van der Waals surface area contributed by atoms with Crippen LogP contribution in [0.25, 0.3) is 28.0 Å². The van der Waals surface area contributed by atoms with E-state index in [0.29, 0.717) is 18.8 Å². The molecule has 14 heteroatoms. The van der Waals surface area contributed by atoms with Crippen molar-refractivity contribution in [3.63, 3.8) is 0 Å². The molecule has 7 nitrogen and oxygen atoms in total. The average Bonchev–Trinajstić information content (AvgIpc) is 3.18. The number of carbonyl (C=O) groups excluding carboxylic acids is 1. The van der Waals surface area contributed by atoms with E-state index in [1.807, 2.05) is 0 Å². The summed E-state index contributed by atoms with van der Waals surface area (Å²) in [5.41, 5.74) is 4.72. The molecule has 0 spiro atoms. The molecular weight excluding hydrogens is 538 g/mol. The fourth-order valence-electron chi connectivity index (χ4n) is 3.83. The molecule has 38 heavy (non-hydrogen) atoms. The third-order valence-electron chi connectivity index (χ3n) is 5.66. The van der Waals surface area contributed by atoms with Crippen LogP contribution < -0.4 is 10.5 Å². The van der Waals surface area contributed by atoms with Gasteiger partial charge in [-0.15, -0.1) is 0 Å². The van der Waals surface area contributed by atoms with Crippen molar-refractivity contribution in [1.29, 1.82) is 0 Å². The lowest BCUT2D eigenvalue weighted by molar-refractivity contribution is -0.147. The first-order valence-electron chi connectivity index (χ1n) is 10.8. The third-order valence-corrected chi connectivity index (χ3v) is 7.21. The molecule has 2 aromatic carbocycles. The van der Waals surface area contributed by atoms with Crippen molar-refractivity contribution in [1.82, 2.24) is 14.3 Å². The molecule has 0 saturated heterocycles. The number of hydrogen-bond acceptors (Lipinski definition) is 4. The van der Waals surface area contributed by atoms with Gasteiger partial charge in [0, 0.05) is 17.3 Å². The van der Waals surface area contributed by atoms with Crippen molar-refractivity contribution in [2.45, 2.75) is 30.2 Å². The summed E-state index contributed by atoms with van der Waals surface area (Å²) in [6.07, 6.45) is -8.97. The van der Waals surface area contributed by atoms with Gasteiger partial charge in [-0.25, -0.2) is 13.4 Å². The van der Waals surface area contributed by atoms with Crippen LogP contribution in [-0.2, 0) is 16.2 Å². The first-order chi connectivity index (χ1) is 17.6. The normalized spacial score (nSPS) is 13.6. The first-order valence-corrected chi connectivity index (χ1v) is 12.3. The number of nitrogens with zero attached hydrogens (tertiary/aromatic N) is 2. The highest BCUT2D eigenvalue weighted by Gasteiger charge is 2.39. The molecular formula is C24H18F6N4O3S. The van der Waals surface area contributed by atoms with Crippen molar-refractivity contribution in [3.8, 4) is 16.9 Å². The summed E-state index contributed by atoms with van der Waals surface area (Å²) in [5.74, 6) is -1.07. The Kier molecular flexibility index (Phi) is 6.74. The summed E-state index contributed by atoms with van der Waals surface area (Å²) in [6, 6.07) is 11.0. The second-order valence-corrected chi connectivity index (χ2v) is 9.97. The lowest BCUT2D eigenvalue weighted by atomic mass is 10.0. The summed E-state index contributed by atoms with van der Waals surface area (Å²) in [6.45, 7) is 0.644. The molecule has 1 amide bonds. The molecule has 0 bridgehead atoms. The minimum absolute atomic E-state index is 0.0195. The molecule has 2 aromatic heterocycles. The lowest BCUT2D eigenvalue weighted by Gasteiger charge is -2.17. The van der Waals surface area contributed by atoms with Crippen LogP contribution in [0.2, 0.25) is 0 Å². The molecule has 4 aromatic rings. The van der Waals surface area contributed by atoms with Crippen LogP contribution in [0.3, 0.4) is 0 Å². The van der Waals surface area contributed by atoms with E-state index in [1.165, 1.54) is 21.4 Å². The Morgan fingerprint density at radius 1 is 1.00 bits per heavy atom. The highest BCUT2D eigenvalue weighted by Crippen LogP contribution is 2.38. The number of rotatable bonds is 6. The van der Waals surface area contributed by atoms with Gasteiger partial charge >= 0.3 is 12.4 Å². The summed E-state index contributed by atoms with van der Waals surface area (Å²) in [5, 5.41) is -0.191. The van der Waals surface area contributed by atoms with Crippen LogP contribution in [0, 0.1) is 0 Å². The molecule has 200 valence electrons. The minimum Gasteiger partial charge on any atom is -0.366 e. The van der Waals surface area contributed by atoms with Gasteiger partial charge in [0.05, 0.1) is 21.7 Å². The van der Waals surface area contributed by atoms with Gasteiger partial charge in [0.25, 0.3) is 5.91 Å². The van der Waals surface area contributed by atoms with Crippen LogP contribution in [0.4, 0.5) is 26.3 Å². The maximum absolute atomic E-state index is 13.4. The number of sulfonamides is 1. The number of para-hydroxylation sites is 1.